The maximum atomic E-state index is 13.8. The van der Waals surface area contributed by atoms with Crippen molar-refractivity contribution in [1.82, 2.24) is 10.2 Å². The highest BCUT2D eigenvalue weighted by Gasteiger charge is 2.42. The van der Waals surface area contributed by atoms with Gasteiger partial charge in [0.1, 0.15) is 11.9 Å². The van der Waals surface area contributed by atoms with Crippen LogP contribution in [-0.4, -0.2) is 47.1 Å². The second-order valence-corrected chi connectivity index (χ2v) is 10.9. The van der Waals surface area contributed by atoms with E-state index in [-0.39, 0.29) is 28.7 Å². The van der Waals surface area contributed by atoms with Gasteiger partial charge in [-0.2, -0.15) is 0 Å². The number of nitrogens with zero attached hydrogens (tertiary/aromatic N) is 2. The number of carbonyl (C=O) groups is 2. The summed E-state index contributed by atoms with van der Waals surface area (Å²) in [5, 5.41) is 14.5. The van der Waals surface area contributed by atoms with Crippen LogP contribution in [-0.2, 0) is 19.1 Å². The van der Waals surface area contributed by atoms with Crippen molar-refractivity contribution in [3.63, 3.8) is 0 Å². The standard InChI is InChI=1S/C34H38N4O6/c1-6-8-13-23(7-2)31(24-14-10-9-11-15-24)37-19-27(20-37)44-34(40)30-29(25-16-12-17-26(18-25)38(41)42)28(22(5)36-32(30)35)33(39)43-21(3)4/h6-18,21,27,29,31,36H,2,19-20,35H2,1,3-5H3/b8-6-,23-13?. The summed E-state index contributed by atoms with van der Waals surface area (Å²) in [6.07, 6.45) is 6.85. The Hall–Kier alpha value is -4.96. The zero-order valence-corrected chi connectivity index (χ0v) is 25.4. The number of rotatable bonds is 11. The molecular formula is C34H38N4O6. The lowest BCUT2D eigenvalue weighted by molar-refractivity contribution is -0.384. The Balaban J connectivity index is 1.63. The fourth-order valence-electron chi connectivity index (χ4n) is 5.48. The first-order chi connectivity index (χ1) is 21.0. The molecule has 2 unspecified atom stereocenters. The Morgan fingerprint density at radius 1 is 1.11 bits per heavy atom. The molecule has 0 bridgehead atoms. The molecule has 2 aromatic rings. The van der Waals surface area contributed by atoms with Gasteiger partial charge in [-0.15, -0.1) is 0 Å². The van der Waals surface area contributed by atoms with Crippen molar-refractivity contribution in [2.75, 3.05) is 13.1 Å². The molecule has 0 aromatic heterocycles. The minimum atomic E-state index is -1.04. The molecule has 0 radical (unpaired) electrons. The van der Waals surface area contributed by atoms with Crippen LogP contribution in [0, 0.1) is 10.1 Å². The van der Waals surface area contributed by atoms with Gasteiger partial charge in [0.25, 0.3) is 5.69 Å². The summed E-state index contributed by atoms with van der Waals surface area (Å²) in [6, 6.07) is 15.7. The third-order valence-electron chi connectivity index (χ3n) is 7.45. The van der Waals surface area contributed by atoms with Crippen LogP contribution in [0.2, 0.25) is 0 Å². The fourth-order valence-corrected chi connectivity index (χ4v) is 5.48. The zero-order valence-electron chi connectivity index (χ0n) is 25.4. The Morgan fingerprint density at radius 2 is 1.82 bits per heavy atom. The molecule has 2 atom stereocenters. The van der Waals surface area contributed by atoms with Crippen molar-refractivity contribution >= 4 is 17.6 Å². The van der Waals surface area contributed by atoms with Gasteiger partial charge in [0.2, 0.25) is 0 Å². The fraction of sp³-hybridized carbons (Fsp3) is 0.294. The van der Waals surface area contributed by atoms with E-state index in [1.807, 2.05) is 61.6 Å². The first kappa shape index (κ1) is 32.0. The number of dihydropyridines is 1. The molecule has 4 rings (SSSR count). The van der Waals surface area contributed by atoms with Gasteiger partial charge >= 0.3 is 11.9 Å². The van der Waals surface area contributed by atoms with E-state index in [1.54, 1.807) is 26.8 Å². The van der Waals surface area contributed by atoms with Gasteiger partial charge < -0.3 is 20.5 Å². The van der Waals surface area contributed by atoms with Gasteiger partial charge in [-0.3, -0.25) is 15.0 Å². The van der Waals surface area contributed by atoms with Crippen LogP contribution in [0.3, 0.4) is 0 Å². The minimum Gasteiger partial charge on any atom is -0.460 e. The molecular weight excluding hydrogens is 560 g/mol. The van der Waals surface area contributed by atoms with Crippen LogP contribution in [0.1, 0.15) is 50.8 Å². The molecule has 0 aliphatic carbocycles. The van der Waals surface area contributed by atoms with E-state index in [1.165, 1.54) is 18.2 Å². The molecule has 10 heteroatoms. The van der Waals surface area contributed by atoms with E-state index in [0.717, 1.165) is 11.1 Å². The van der Waals surface area contributed by atoms with Crippen LogP contribution in [0.4, 0.5) is 5.69 Å². The smallest absolute Gasteiger partial charge is 0.339 e. The Morgan fingerprint density at radius 3 is 2.43 bits per heavy atom. The quantitative estimate of drug-likeness (QED) is 0.152. The number of esters is 2. The number of nitro benzene ring substituents is 1. The lowest BCUT2D eigenvalue weighted by Crippen LogP contribution is -2.54. The lowest BCUT2D eigenvalue weighted by atomic mass is 9.81. The van der Waals surface area contributed by atoms with E-state index < -0.39 is 35.0 Å². The monoisotopic (exact) mass is 598 g/mol. The van der Waals surface area contributed by atoms with Crippen LogP contribution in [0.5, 0.6) is 0 Å². The summed E-state index contributed by atoms with van der Waals surface area (Å²) in [7, 11) is 0. The average Bonchev–Trinajstić information content (AvgIpc) is 2.97. The first-order valence-electron chi connectivity index (χ1n) is 14.4. The topological polar surface area (TPSA) is 137 Å². The summed E-state index contributed by atoms with van der Waals surface area (Å²) in [4.78, 5) is 40.4. The van der Waals surface area contributed by atoms with Crippen LogP contribution >= 0.6 is 0 Å². The molecule has 10 nitrogen and oxygen atoms in total. The van der Waals surface area contributed by atoms with E-state index in [4.69, 9.17) is 15.2 Å². The number of nitrogens with two attached hydrogens (primary N) is 1. The molecule has 2 heterocycles. The molecule has 2 aliphatic rings. The third-order valence-corrected chi connectivity index (χ3v) is 7.45. The summed E-state index contributed by atoms with van der Waals surface area (Å²) in [5.41, 5.74) is 9.10. The molecule has 230 valence electrons. The number of nitrogens with one attached hydrogen (secondary N) is 1. The SMILES string of the molecule is C=CC(=C/C=C\C)C(c1ccccc1)N1CC(OC(=O)C2=C(N)NC(C)=C(C(=O)OC(C)C)C2c2cccc([N+](=O)[O-])c2)C1. The minimum absolute atomic E-state index is 0.00618. The molecule has 44 heavy (non-hydrogen) atoms. The van der Waals surface area contributed by atoms with Gasteiger partial charge in [0, 0.05) is 30.9 Å². The Kier molecular flexibility index (Phi) is 10.2. The molecule has 0 saturated carbocycles. The van der Waals surface area contributed by atoms with Crippen LogP contribution < -0.4 is 11.1 Å². The zero-order chi connectivity index (χ0) is 32.0. The van der Waals surface area contributed by atoms with Crippen LogP contribution in [0.25, 0.3) is 0 Å². The predicted molar refractivity (Wildman–Crippen MR) is 168 cm³/mol. The van der Waals surface area contributed by atoms with Crippen molar-refractivity contribution in [2.45, 2.75) is 51.9 Å². The molecule has 3 N–H and O–H groups in total. The number of likely N-dealkylation sites (tertiary alicyclic amines) is 1. The number of nitro groups is 1. The Bertz CT molecular complexity index is 1550. The number of hydrogen-bond acceptors (Lipinski definition) is 9. The molecule has 1 fully saturated rings. The maximum Gasteiger partial charge on any atom is 0.339 e. The number of allylic oxidation sites excluding steroid dienone is 4. The maximum absolute atomic E-state index is 13.8. The average molecular weight is 599 g/mol. The highest BCUT2D eigenvalue weighted by molar-refractivity contribution is 6.00. The Labute approximate surface area is 257 Å². The molecule has 2 aliphatic heterocycles. The molecule has 0 spiro atoms. The second-order valence-electron chi connectivity index (χ2n) is 10.9. The summed E-state index contributed by atoms with van der Waals surface area (Å²) in [6.45, 7) is 11.9. The van der Waals surface area contributed by atoms with Crippen molar-refractivity contribution < 1.29 is 24.0 Å². The van der Waals surface area contributed by atoms with E-state index in [9.17, 15) is 19.7 Å². The summed E-state index contributed by atoms with van der Waals surface area (Å²) >= 11 is 0. The number of non-ortho nitro benzene ring substituents is 1. The van der Waals surface area contributed by atoms with Gasteiger partial charge in [-0.05, 0) is 44.4 Å². The normalized spacial score (nSPS) is 18.6. The predicted octanol–water partition coefficient (Wildman–Crippen LogP) is 5.33. The molecule has 2 aromatic carbocycles. The summed E-state index contributed by atoms with van der Waals surface area (Å²) < 4.78 is 11.5. The number of ether oxygens (including phenoxy) is 2. The number of hydrogen-bond donors (Lipinski definition) is 2. The van der Waals surface area contributed by atoms with Crippen LogP contribution in [0.15, 0.2) is 114 Å². The highest BCUT2D eigenvalue weighted by Crippen LogP contribution is 2.40. The molecule has 1 saturated heterocycles. The second kappa shape index (κ2) is 14.0. The van der Waals surface area contributed by atoms with Crippen molar-refractivity contribution in [1.29, 1.82) is 0 Å². The summed E-state index contributed by atoms with van der Waals surface area (Å²) in [5.74, 6) is -2.42. The van der Waals surface area contributed by atoms with Gasteiger partial charge in [-0.1, -0.05) is 73.3 Å². The third kappa shape index (κ3) is 6.98. The molecule has 0 amide bonds. The number of benzene rings is 2. The van der Waals surface area contributed by atoms with Gasteiger partial charge in [0.05, 0.1) is 34.1 Å². The number of carbonyl (C=O) groups excluding carboxylic acids is 2. The lowest BCUT2D eigenvalue weighted by Gasteiger charge is -2.44. The highest BCUT2D eigenvalue weighted by atomic mass is 16.6. The van der Waals surface area contributed by atoms with E-state index in [2.05, 4.69) is 16.8 Å². The largest absolute Gasteiger partial charge is 0.460 e. The van der Waals surface area contributed by atoms with Crippen molar-refractivity contribution in [3.8, 4) is 0 Å². The van der Waals surface area contributed by atoms with E-state index >= 15 is 0 Å². The first-order valence-corrected chi connectivity index (χ1v) is 14.4. The van der Waals surface area contributed by atoms with E-state index in [0.29, 0.717) is 24.4 Å². The van der Waals surface area contributed by atoms with Crippen molar-refractivity contribution in [2.24, 2.45) is 5.73 Å². The van der Waals surface area contributed by atoms with Gasteiger partial charge in [0.15, 0.2) is 0 Å². The van der Waals surface area contributed by atoms with Crippen molar-refractivity contribution in [3.05, 3.63) is 135 Å². The van der Waals surface area contributed by atoms with Gasteiger partial charge in [-0.25, -0.2) is 9.59 Å².